The van der Waals surface area contributed by atoms with Gasteiger partial charge in [0.1, 0.15) is 5.82 Å². The van der Waals surface area contributed by atoms with Crippen molar-refractivity contribution in [2.24, 2.45) is 0 Å². The number of nitrogens with two attached hydrogens (primary N) is 1. The van der Waals surface area contributed by atoms with Gasteiger partial charge < -0.3 is 10.8 Å². The van der Waals surface area contributed by atoms with Gasteiger partial charge in [0.2, 0.25) is 0 Å². The lowest BCUT2D eigenvalue weighted by atomic mass is 10.0. The summed E-state index contributed by atoms with van der Waals surface area (Å²) in [5.41, 5.74) is 8.04. The molecule has 0 aromatic heterocycles. The van der Waals surface area contributed by atoms with E-state index in [1.807, 2.05) is 0 Å². The molecule has 0 amide bonds. The lowest BCUT2D eigenvalue weighted by Gasteiger charge is -2.07. The van der Waals surface area contributed by atoms with Crippen LogP contribution >= 0.6 is 0 Å². The van der Waals surface area contributed by atoms with Gasteiger partial charge in [0.25, 0.3) is 0 Å². The van der Waals surface area contributed by atoms with Gasteiger partial charge in [0.15, 0.2) is 0 Å². The number of hydrogen-bond acceptors (Lipinski definition) is 2. The average molecular weight is 245 g/mol. The minimum Gasteiger partial charge on any atom is -0.478 e. The summed E-state index contributed by atoms with van der Waals surface area (Å²) >= 11 is 0. The largest absolute Gasteiger partial charge is 0.478 e. The molecule has 0 saturated heterocycles. The van der Waals surface area contributed by atoms with Crippen molar-refractivity contribution in [1.29, 1.82) is 0 Å². The number of carboxylic acids is 1. The van der Waals surface area contributed by atoms with Gasteiger partial charge in [-0.15, -0.1) is 0 Å². The predicted molar refractivity (Wildman–Crippen MR) is 67.9 cm³/mol. The second-order valence-electron chi connectivity index (χ2n) is 4.07. The quantitative estimate of drug-likeness (QED) is 0.799. The zero-order chi connectivity index (χ0) is 13.3. The molecule has 0 saturated carbocycles. The molecule has 0 heterocycles. The first-order valence-electron chi connectivity index (χ1n) is 5.38. The monoisotopic (exact) mass is 245 g/mol. The first-order valence-corrected chi connectivity index (χ1v) is 5.38. The molecule has 0 aliphatic carbocycles. The molecule has 0 atom stereocenters. The summed E-state index contributed by atoms with van der Waals surface area (Å²) in [6, 6.07) is 9.41. The molecule has 18 heavy (non-hydrogen) atoms. The molecule has 2 aromatic rings. The number of nitrogen functional groups attached to an aromatic ring is 1. The van der Waals surface area contributed by atoms with E-state index in [0.717, 1.165) is 11.1 Å². The molecule has 0 fully saturated rings. The fourth-order valence-electron chi connectivity index (χ4n) is 1.76. The maximum atomic E-state index is 13.2. The predicted octanol–water partition coefficient (Wildman–Crippen LogP) is 3.08. The SMILES string of the molecule is Cc1cc(-c2ccc(C(=O)O)c(N)c2)ccc1F. The number of rotatable bonds is 2. The third kappa shape index (κ3) is 2.18. The van der Waals surface area contributed by atoms with E-state index >= 15 is 0 Å². The fraction of sp³-hybridized carbons (Fsp3) is 0.0714. The Balaban J connectivity index is 2.48. The average Bonchev–Trinajstić information content (AvgIpc) is 2.32. The molecule has 2 aromatic carbocycles. The van der Waals surface area contributed by atoms with Gasteiger partial charge in [0, 0.05) is 5.69 Å². The second kappa shape index (κ2) is 4.49. The summed E-state index contributed by atoms with van der Waals surface area (Å²) < 4.78 is 13.2. The van der Waals surface area contributed by atoms with Crippen LogP contribution in [0.5, 0.6) is 0 Å². The van der Waals surface area contributed by atoms with Crippen molar-refractivity contribution in [3.8, 4) is 11.1 Å². The number of carbonyl (C=O) groups is 1. The molecular formula is C14H12FNO2. The number of aryl methyl sites for hydroxylation is 1. The molecule has 2 rings (SSSR count). The van der Waals surface area contributed by atoms with Crippen LogP contribution in [-0.4, -0.2) is 11.1 Å². The number of aromatic carboxylic acids is 1. The molecule has 0 aliphatic rings. The van der Waals surface area contributed by atoms with Crippen LogP contribution in [0.15, 0.2) is 36.4 Å². The van der Waals surface area contributed by atoms with Crippen molar-refractivity contribution in [1.82, 2.24) is 0 Å². The number of hydrogen-bond donors (Lipinski definition) is 2. The highest BCUT2D eigenvalue weighted by molar-refractivity contribution is 5.94. The van der Waals surface area contributed by atoms with Crippen molar-refractivity contribution in [2.75, 3.05) is 5.73 Å². The Bertz CT molecular complexity index is 623. The zero-order valence-corrected chi connectivity index (χ0v) is 9.77. The summed E-state index contributed by atoms with van der Waals surface area (Å²) in [5, 5.41) is 8.88. The zero-order valence-electron chi connectivity index (χ0n) is 9.77. The topological polar surface area (TPSA) is 63.3 Å². The van der Waals surface area contributed by atoms with Gasteiger partial charge in [-0.05, 0) is 47.9 Å². The van der Waals surface area contributed by atoms with Crippen molar-refractivity contribution >= 4 is 11.7 Å². The molecule has 3 N–H and O–H groups in total. The highest BCUT2D eigenvalue weighted by Crippen LogP contribution is 2.25. The van der Waals surface area contributed by atoms with Crippen LogP contribution in [0.25, 0.3) is 11.1 Å². The lowest BCUT2D eigenvalue weighted by molar-refractivity contribution is 0.0698. The molecule has 0 aliphatic heterocycles. The van der Waals surface area contributed by atoms with Gasteiger partial charge in [-0.25, -0.2) is 9.18 Å². The van der Waals surface area contributed by atoms with E-state index in [1.165, 1.54) is 12.1 Å². The van der Waals surface area contributed by atoms with Crippen LogP contribution < -0.4 is 5.73 Å². The molecule has 0 radical (unpaired) electrons. The Hall–Kier alpha value is -2.36. The first kappa shape index (κ1) is 12.1. The smallest absolute Gasteiger partial charge is 0.337 e. The highest BCUT2D eigenvalue weighted by atomic mass is 19.1. The maximum absolute atomic E-state index is 13.2. The summed E-state index contributed by atoms with van der Waals surface area (Å²) in [6.45, 7) is 1.67. The third-order valence-electron chi connectivity index (χ3n) is 2.77. The van der Waals surface area contributed by atoms with Crippen molar-refractivity contribution in [3.63, 3.8) is 0 Å². The Labute approximate surface area is 104 Å². The van der Waals surface area contributed by atoms with Crippen LogP contribution in [0.1, 0.15) is 15.9 Å². The van der Waals surface area contributed by atoms with Crippen LogP contribution in [0.2, 0.25) is 0 Å². The van der Waals surface area contributed by atoms with Crippen LogP contribution in [0.3, 0.4) is 0 Å². The Morgan fingerprint density at radius 2 is 1.78 bits per heavy atom. The summed E-state index contributed by atoms with van der Waals surface area (Å²) in [7, 11) is 0. The molecule has 92 valence electrons. The summed E-state index contributed by atoms with van der Waals surface area (Å²) in [4.78, 5) is 10.8. The number of carboxylic acid groups (broad SMARTS) is 1. The summed E-state index contributed by atoms with van der Waals surface area (Å²) in [5.74, 6) is -1.33. The van der Waals surface area contributed by atoms with Gasteiger partial charge >= 0.3 is 5.97 Å². The number of anilines is 1. The molecule has 0 unspecified atom stereocenters. The van der Waals surface area contributed by atoms with Gasteiger partial charge in [-0.2, -0.15) is 0 Å². The number of halogens is 1. The summed E-state index contributed by atoms with van der Waals surface area (Å²) in [6.07, 6.45) is 0. The normalized spacial score (nSPS) is 10.3. The standard InChI is InChI=1S/C14H12FNO2/c1-8-6-9(3-5-12(8)15)10-2-4-11(14(17)18)13(16)7-10/h2-7H,16H2,1H3,(H,17,18). The fourth-order valence-corrected chi connectivity index (χ4v) is 1.76. The van der Waals surface area contributed by atoms with E-state index in [2.05, 4.69) is 0 Å². The van der Waals surface area contributed by atoms with E-state index in [-0.39, 0.29) is 17.1 Å². The Morgan fingerprint density at radius 3 is 2.33 bits per heavy atom. The Morgan fingerprint density at radius 1 is 1.17 bits per heavy atom. The minimum atomic E-state index is -1.06. The van der Waals surface area contributed by atoms with E-state index in [0.29, 0.717) is 5.56 Å². The van der Waals surface area contributed by atoms with Gasteiger partial charge in [-0.3, -0.25) is 0 Å². The van der Waals surface area contributed by atoms with Crippen molar-refractivity contribution < 1.29 is 14.3 Å². The van der Waals surface area contributed by atoms with Crippen LogP contribution in [0, 0.1) is 12.7 Å². The molecule has 3 nitrogen and oxygen atoms in total. The number of benzene rings is 2. The van der Waals surface area contributed by atoms with E-state index in [1.54, 1.807) is 31.2 Å². The molecule has 0 bridgehead atoms. The van der Waals surface area contributed by atoms with Gasteiger partial charge in [-0.1, -0.05) is 12.1 Å². The second-order valence-corrected chi connectivity index (χ2v) is 4.07. The first-order chi connectivity index (χ1) is 8.49. The maximum Gasteiger partial charge on any atom is 0.337 e. The molecule has 4 heteroatoms. The van der Waals surface area contributed by atoms with Crippen molar-refractivity contribution in [2.45, 2.75) is 6.92 Å². The van der Waals surface area contributed by atoms with E-state index in [9.17, 15) is 9.18 Å². The van der Waals surface area contributed by atoms with Crippen LogP contribution in [-0.2, 0) is 0 Å². The van der Waals surface area contributed by atoms with E-state index < -0.39 is 5.97 Å². The third-order valence-corrected chi connectivity index (χ3v) is 2.77. The minimum absolute atomic E-state index is 0.0672. The molecular weight excluding hydrogens is 233 g/mol. The molecule has 0 spiro atoms. The highest BCUT2D eigenvalue weighted by Gasteiger charge is 2.09. The van der Waals surface area contributed by atoms with E-state index in [4.69, 9.17) is 10.8 Å². The Kier molecular flexibility index (Phi) is 3.02. The van der Waals surface area contributed by atoms with Crippen molar-refractivity contribution in [3.05, 3.63) is 53.3 Å². The van der Waals surface area contributed by atoms with Gasteiger partial charge in [0.05, 0.1) is 5.56 Å². The lowest BCUT2D eigenvalue weighted by Crippen LogP contribution is -2.02. The van der Waals surface area contributed by atoms with Crippen LogP contribution in [0.4, 0.5) is 10.1 Å².